The summed E-state index contributed by atoms with van der Waals surface area (Å²) in [5, 5.41) is 13.9. The second kappa shape index (κ2) is 11.2. The van der Waals surface area contributed by atoms with E-state index in [9.17, 15) is 14.0 Å². The summed E-state index contributed by atoms with van der Waals surface area (Å²) >= 11 is 1.07. The molecule has 0 aliphatic heterocycles. The molecule has 178 valence electrons. The van der Waals surface area contributed by atoms with Crippen LogP contribution >= 0.6 is 11.3 Å². The van der Waals surface area contributed by atoms with Crippen molar-refractivity contribution in [3.05, 3.63) is 99.8 Å². The number of nitrogens with one attached hydrogen (secondary N) is 2. The molecule has 4 aromatic rings. The summed E-state index contributed by atoms with van der Waals surface area (Å²) in [6.07, 6.45) is 0. The van der Waals surface area contributed by atoms with Crippen molar-refractivity contribution in [2.75, 3.05) is 12.4 Å². The van der Waals surface area contributed by atoms with Crippen molar-refractivity contribution in [2.24, 2.45) is 0 Å². The Bertz CT molecular complexity index is 1330. The third kappa shape index (κ3) is 6.39. The van der Waals surface area contributed by atoms with E-state index in [1.54, 1.807) is 37.4 Å². The highest BCUT2D eigenvalue weighted by atomic mass is 32.1. The lowest BCUT2D eigenvalue weighted by atomic mass is 10.1. The fraction of sp³-hybridized carbons (Fsp3) is 0.120. The third-order valence-corrected chi connectivity index (χ3v) is 5.75. The van der Waals surface area contributed by atoms with Crippen molar-refractivity contribution in [2.45, 2.75) is 13.2 Å². The van der Waals surface area contributed by atoms with Gasteiger partial charge in [-0.25, -0.2) is 4.39 Å². The molecular formula is C25H21FN4O4S. The molecule has 0 bridgehead atoms. The molecule has 3 aromatic carbocycles. The van der Waals surface area contributed by atoms with E-state index in [1.807, 2.05) is 24.3 Å². The Morgan fingerprint density at radius 3 is 2.54 bits per heavy atom. The molecule has 0 aliphatic carbocycles. The first-order valence-corrected chi connectivity index (χ1v) is 11.4. The second-order valence-electron chi connectivity index (χ2n) is 7.27. The molecule has 2 N–H and O–H groups in total. The average molecular weight is 493 g/mol. The van der Waals surface area contributed by atoms with Gasteiger partial charge in [0.25, 0.3) is 11.8 Å². The highest BCUT2D eigenvalue weighted by Crippen LogP contribution is 2.19. The number of carbonyl (C=O) groups is 2. The van der Waals surface area contributed by atoms with Crippen LogP contribution in [0.5, 0.6) is 11.5 Å². The zero-order valence-electron chi connectivity index (χ0n) is 18.7. The summed E-state index contributed by atoms with van der Waals surface area (Å²) in [4.78, 5) is 24.7. The number of carbonyl (C=O) groups excluding carboxylic acids is 2. The van der Waals surface area contributed by atoms with Crippen molar-refractivity contribution in [3.8, 4) is 11.5 Å². The monoisotopic (exact) mass is 492 g/mol. The SMILES string of the molecule is COc1ccccc1CNC(=O)c1ccc(OCc2nnc(C(=O)Nc3cccc(F)c3)s2)cc1. The van der Waals surface area contributed by atoms with Crippen molar-refractivity contribution < 1.29 is 23.5 Å². The van der Waals surface area contributed by atoms with E-state index >= 15 is 0 Å². The van der Waals surface area contributed by atoms with Gasteiger partial charge < -0.3 is 20.1 Å². The molecule has 1 heterocycles. The molecule has 0 saturated carbocycles. The molecule has 8 nitrogen and oxygen atoms in total. The molecule has 4 rings (SSSR count). The Morgan fingerprint density at radius 1 is 0.971 bits per heavy atom. The van der Waals surface area contributed by atoms with Crippen LogP contribution < -0.4 is 20.1 Å². The highest BCUT2D eigenvalue weighted by Gasteiger charge is 2.14. The number of ether oxygens (including phenoxy) is 2. The van der Waals surface area contributed by atoms with E-state index in [0.717, 1.165) is 16.9 Å². The first kappa shape index (κ1) is 23.8. The summed E-state index contributed by atoms with van der Waals surface area (Å²) in [6.45, 7) is 0.442. The van der Waals surface area contributed by atoms with Gasteiger partial charge in [-0.1, -0.05) is 35.6 Å². The minimum Gasteiger partial charge on any atom is -0.496 e. The van der Waals surface area contributed by atoms with Gasteiger partial charge in [-0.05, 0) is 48.5 Å². The maximum Gasteiger partial charge on any atom is 0.286 e. The number of hydrogen-bond acceptors (Lipinski definition) is 7. The second-order valence-corrected chi connectivity index (χ2v) is 8.34. The van der Waals surface area contributed by atoms with Crippen LogP contribution in [0.25, 0.3) is 0 Å². The summed E-state index contributed by atoms with van der Waals surface area (Å²) in [5.74, 6) is 0.0903. The number of rotatable bonds is 9. The number of methoxy groups -OCH3 is 1. The predicted octanol–water partition coefficient (Wildman–Crippen LogP) is 4.45. The predicted molar refractivity (Wildman–Crippen MR) is 129 cm³/mol. The average Bonchev–Trinajstić information content (AvgIpc) is 3.36. The molecule has 0 unspecified atom stereocenters. The molecule has 10 heteroatoms. The largest absolute Gasteiger partial charge is 0.496 e. The molecule has 0 radical (unpaired) electrons. The number of nitrogens with zero attached hydrogens (tertiary/aromatic N) is 2. The number of benzene rings is 3. The van der Waals surface area contributed by atoms with Gasteiger partial charge in [0.15, 0.2) is 5.01 Å². The Kier molecular flexibility index (Phi) is 7.63. The number of halogens is 1. The van der Waals surface area contributed by atoms with Crippen molar-refractivity contribution >= 4 is 28.8 Å². The topological polar surface area (TPSA) is 102 Å². The first-order valence-electron chi connectivity index (χ1n) is 10.5. The molecule has 0 atom stereocenters. The molecule has 1 aromatic heterocycles. The maximum atomic E-state index is 13.3. The van der Waals surface area contributed by atoms with E-state index < -0.39 is 11.7 Å². The summed E-state index contributed by atoms with van der Waals surface area (Å²) in [6, 6.07) is 19.7. The van der Waals surface area contributed by atoms with Crippen LogP contribution in [-0.2, 0) is 13.2 Å². The van der Waals surface area contributed by atoms with Crippen LogP contribution in [-0.4, -0.2) is 29.1 Å². The molecule has 0 spiro atoms. The van der Waals surface area contributed by atoms with Crippen LogP contribution in [0.1, 0.15) is 30.7 Å². The summed E-state index contributed by atoms with van der Waals surface area (Å²) < 4.78 is 24.3. The molecule has 2 amide bonds. The van der Waals surface area contributed by atoms with E-state index in [1.165, 1.54) is 18.2 Å². The van der Waals surface area contributed by atoms with Gasteiger partial charge in [0.05, 0.1) is 7.11 Å². The van der Waals surface area contributed by atoms with E-state index in [4.69, 9.17) is 9.47 Å². The number of hydrogen-bond donors (Lipinski definition) is 2. The molecule has 0 fully saturated rings. The Balaban J connectivity index is 1.28. The van der Waals surface area contributed by atoms with Crippen molar-refractivity contribution in [3.63, 3.8) is 0 Å². The van der Waals surface area contributed by atoms with Crippen LogP contribution in [0.2, 0.25) is 0 Å². The van der Waals surface area contributed by atoms with E-state index in [0.29, 0.717) is 34.3 Å². The molecule has 0 saturated heterocycles. The first-order chi connectivity index (χ1) is 17.0. The third-order valence-electron chi connectivity index (χ3n) is 4.85. The lowest BCUT2D eigenvalue weighted by Gasteiger charge is -2.10. The number of amides is 2. The van der Waals surface area contributed by atoms with Crippen LogP contribution in [0.4, 0.5) is 10.1 Å². The number of aromatic nitrogens is 2. The van der Waals surface area contributed by atoms with Crippen LogP contribution in [0.3, 0.4) is 0 Å². The molecule has 35 heavy (non-hydrogen) atoms. The standard InChI is InChI=1S/C25H21FN4O4S/c1-33-21-8-3-2-5-17(21)14-27-23(31)16-9-11-20(12-10-16)34-15-22-29-30-25(35-22)24(32)28-19-7-4-6-18(26)13-19/h2-13H,14-15H2,1H3,(H,27,31)(H,28,32). The summed E-state index contributed by atoms with van der Waals surface area (Å²) in [5.41, 5.74) is 1.69. The minimum absolute atomic E-state index is 0.101. The van der Waals surface area contributed by atoms with Gasteiger partial charge in [0.2, 0.25) is 5.01 Å². The fourth-order valence-corrected chi connectivity index (χ4v) is 3.78. The van der Waals surface area contributed by atoms with E-state index in [-0.39, 0.29) is 17.5 Å². The Labute approximate surface area is 204 Å². The number of para-hydroxylation sites is 1. The van der Waals surface area contributed by atoms with Gasteiger partial charge in [0.1, 0.15) is 23.9 Å². The van der Waals surface area contributed by atoms with Crippen molar-refractivity contribution in [1.82, 2.24) is 15.5 Å². The zero-order chi connectivity index (χ0) is 24.6. The normalized spacial score (nSPS) is 10.5. The van der Waals surface area contributed by atoms with Gasteiger partial charge in [0, 0.05) is 23.4 Å². The molecular weight excluding hydrogens is 471 g/mol. The van der Waals surface area contributed by atoms with Crippen LogP contribution in [0, 0.1) is 5.82 Å². The Hall–Kier alpha value is -4.31. The van der Waals surface area contributed by atoms with Gasteiger partial charge in [-0.2, -0.15) is 0 Å². The van der Waals surface area contributed by atoms with Gasteiger partial charge in [-0.3, -0.25) is 9.59 Å². The van der Waals surface area contributed by atoms with Crippen LogP contribution in [0.15, 0.2) is 72.8 Å². The Morgan fingerprint density at radius 2 is 1.77 bits per heavy atom. The maximum absolute atomic E-state index is 13.3. The van der Waals surface area contributed by atoms with E-state index in [2.05, 4.69) is 20.8 Å². The van der Waals surface area contributed by atoms with Crippen molar-refractivity contribution in [1.29, 1.82) is 0 Å². The van der Waals surface area contributed by atoms with Gasteiger partial charge >= 0.3 is 0 Å². The quantitative estimate of drug-likeness (QED) is 0.358. The van der Waals surface area contributed by atoms with Gasteiger partial charge in [-0.15, -0.1) is 10.2 Å². The lowest BCUT2D eigenvalue weighted by Crippen LogP contribution is -2.22. The lowest BCUT2D eigenvalue weighted by molar-refractivity contribution is 0.0949. The highest BCUT2D eigenvalue weighted by molar-refractivity contribution is 7.13. The summed E-state index contributed by atoms with van der Waals surface area (Å²) in [7, 11) is 1.59. The smallest absolute Gasteiger partial charge is 0.286 e. The minimum atomic E-state index is -0.483. The number of anilines is 1. The fourth-order valence-electron chi connectivity index (χ4n) is 3.13. The molecule has 0 aliphatic rings. The zero-order valence-corrected chi connectivity index (χ0v) is 19.5.